The second kappa shape index (κ2) is 8.26. The van der Waals surface area contributed by atoms with Crippen molar-refractivity contribution < 1.29 is 14.3 Å². The molecule has 19 heavy (non-hydrogen) atoms. The Morgan fingerprint density at radius 2 is 1.89 bits per heavy atom. The lowest BCUT2D eigenvalue weighted by Crippen LogP contribution is -2.12. The van der Waals surface area contributed by atoms with Crippen LogP contribution in [0.25, 0.3) is 0 Å². The molecule has 0 aliphatic rings. The van der Waals surface area contributed by atoms with Gasteiger partial charge in [0.2, 0.25) is 5.91 Å². The highest BCUT2D eigenvalue weighted by Crippen LogP contribution is 2.11. The van der Waals surface area contributed by atoms with Crippen LogP contribution in [0.3, 0.4) is 0 Å². The number of carbonyl (C=O) groups excluding carboxylic acids is 2. The Morgan fingerprint density at radius 3 is 2.47 bits per heavy atom. The predicted molar refractivity (Wildman–Crippen MR) is 73.9 cm³/mol. The van der Waals surface area contributed by atoms with Crippen molar-refractivity contribution in [2.24, 2.45) is 5.73 Å². The maximum Gasteiger partial charge on any atom is 0.338 e. The molecule has 0 radical (unpaired) electrons. The van der Waals surface area contributed by atoms with Crippen molar-refractivity contribution in [2.45, 2.75) is 26.2 Å². The first kappa shape index (κ1) is 15.2. The van der Waals surface area contributed by atoms with Gasteiger partial charge in [0, 0.05) is 12.1 Å². The van der Waals surface area contributed by atoms with E-state index in [1.807, 2.05) is 0 Å². The van der Waals surface area contributed by atoms with Crippen molar-refractivity contribution in [3.8, 4) is 0 Å². The molecule has 0 saturated carbocycles. The van der Waals surface area contributed by atoms with E-state index >= 15 is 0 Å². The van der Waals surface area contributed by atoms with Gasteiger partial charge in [-0.05, 0) is 50.6 Å². The molecule has 0 aliphatic heterocycles. The highest BCUT2D eigenvalue weighted by molar-refractivity contribution is 5.93. The average molecular weight is 264 g/mol. The van der Waals surface area contributed by atoms with E-state index < -0.39 is 0 Å². The van der Waals surface area contributed by atoms with Gasteiger partial charge in [-0.2, -0.15) is 0 Å². The Bertz CT molecular complexity index is 415. The summed E-state index contributed by atoms with van der Waals surface area (Å²) >= 11 is 0. The zero-order valence-electron chi connectivity index (χ0n) is 11.1. The third-order valence-electron chi connectivity index (χ3n) is 2.54. The van der Waals surface area contributed by atoms with Crippen LogP contribution in [-0.2, 0) is 9.53 Å². The lowest BCUT2D eigenvalue weighted by Gasteiger charge is -2.06. The van der Waals surface area contributed by atoms with Gasteiger partial charge in [-0.1, -0.05) is 0 Å². The fraction of sp³-hybridized carbons (Fsp3) is 0.429. The SMILES string of the molecule is CCOC(=O)c1ccc(NC(=O)CCCCN)cc1. The van der Waals surface area contributed by atoms with Gasteiger partial charge in [0.25, 0.3) is 0 Å². The van der Waals surface area contributed by atoms with E-state index in [0.717, 1.165) is 12.8 Å². The van der Waals surface area contributed by atoms with Gasteiger partial charge in [0.15, 0.2) is 0 Å². The lowest BCUT2D eigenvalue weighted by molar-refractivity contribution is -0.116. The van der Waals surface area contributed by atoms with Crippen molar-refractivity contribution in [1.82, 2.24) is 0 Å². The zero-order chi connectivity index (χ0) is 14.1. The Labute approximate surface area is 113 Å². The largest absolute Gasteiger partial charge is 0.462 e. The maximum absolute atomic E-state index is 11.6. The van der Waals surface area contributed by atoms with Crippen LogP contribution >= 0.6 is 0 Å². The van der Waals surface area contributed by atoms with Gasteiger partial charge in [0.05, 0.1) is 12.2 Å². The average Bonchev–Trinajstić information content (AvgIpc) is 2.40. The zero-order valence-corrected chi connectivity index (χ0v) is 11.1. The minimum atomic E-state index is -0.358. The van der Waals surface area contributed by atoms with Crippen LogP contribution in [0.15, 0.2) is 24.3 Å². The highest BCUT2D eigenvalue weighted by Gasteiger charge is 2.06. The second-order valence-electron chi connectivity index (χ2n) is 4.09. The molecule has 1 aromatic carbocycles. The summed E-state index contributed by atoms with van der Waals surface area (Å²) in [4.78, 5) is 23.0. The van der Waals surface area contributed by atoms with Gasteiger partial charge >= 0.3 is 5.97 Å². The molecule has 0 atom stereocenters. The normalized spacial score (nSPS) is 10.0. The third kappa shape index (κ3) is 5.52. The monoisotopic (exact) mass is 264 g/mol. The first-order valence-corrected chi connectivity index (χ1v) is 6.44. The van der Waals surface area contributed by atoms with Crippen molar-refractivity contribution in [1.29, 1.82) is 0 Å². The smallest absolute Gasteiger partial charge is 0.338 e. The van der Waals surface area contributed by atoms with Crippen LogP contribution in [0.4, 0.5) is 5.69 Å². The molecule has 0 spiro atoms. The van der Waals surface area contributed by atoms with E-state index in [2.05, 4.69) is 5.32 Å². The minimum absolute atomic E-state index is 0.0441. The van der Waals surface area contributed by atoms with E-state index in [1.54, 1.807) is 31.2 Å². The molecule has 0 unspecified atom stereocenters. The van der Waals surface area contributed by atoms with Crippen molar-refractivity contribution in [3.05, 3.63) is 29.8 Å². The fourth-order valence-electron chi connectivity index (χ4n) is 1.56. The molecule has 5 heteroatoms. The molecule has 0 bridgehead atoms. The summed E-state index contributed by atoms with van der Waals surface area (Å²) in [7, 11) is 0. The number of rotatable bonds is 7. The molecule has 104 valence electrons. The molecule has 0 saturated heterocycles. The van der Waals surface area contributed by atoms with E-state index in [-0.39, 0.29) is 11.9 Å². The van der Waals surface area contributed by atoms with E-state index in [0.29, 0.717) is 30.8 Å². The Morgan fingerprint density at radius 1 is 1.21 bits per heavy atom. The number of esters is 1. The van der Waals surface area contributed by atoms with Crippen LogP contribution < -0.4 is 11.1 Å². The van der Waals surface area contributed by atoms with Crippen LogP contribution in [0.5, 0.6) is 0 Å². The highest BCUT2D eigenvalue weighted by atomic mass is 16.5. The molecule has 5 nitrogen and oxygen atoms in total. The number of hydrogen-bond donors (Lipinski definition) is 2. The second-order valence-corrected chi connectivity index (χ2v) is 4.09. The predicted octanol–water partition coefficient (Wildman–Crippen LogP) is 1.93. The molecule has 1 amide bonds. The molecule has 3 N–H and O–H groups in total. The molecule has 0 aliphatic carbocycles. The van der Waals surface area contributed by atoms with Crippen LogP contribution in [0.2, 0.25) is 0 Å². The number of benzene rings is 1. The summed E-state index contributed by atoms with van der Waals surface area (Å²) in [6.07, 6.45) is 2.08. The van der Waals surface area contributed by atoms with Gasteiger partial charge < -0.3 is 15.8 Å². The van der Waals surface area contributed by atoms with E-state index in [4.69, 9.17) is 10.5 Å². The number of ether oxygens (including phenoxy) is 1. The summed E-state index contributed by atoms with van der Waals surface area (Å²) in [5.41, 5.74) is 6.51. The molecule has 0 fully saturated rings. The summed E-state index contributed by atoms with van der Waals surface area (Å²) in [5.74, 6) is -0.402. The number of carbonyl (C=O) groups is 2. The van der Waals surface area contributed by atoms with Gasteiger partial charge in [0.1, 0.15) is 0 Å². The quantitative estimate of drug-likeness (QED) is 0.582. The van der Waals surface area contributed by atoms with Gasteiger partial charge in [-0.25, -0.2) is 4.79 Å². The fourth-order valence-corrected chi connectivity index (χ4v) is 1.56. The van der Waals surface area contributed by atoms with E-state index in [1.165, 1.54) is 0 Å². The Kier molecular flexibility index (Phi) is 6.60. The summed E-state index contributed by atoms with van der Waals surface area (Å²) in [6.45, 7) is 2.70. The van der Waals surface area contributed by atoms with Crippen molar-refractivity contribution in [2.75, 3.05) is 18.5 Å². The Hall–Kier alpha value is -1.88. The third-order valence-corrected chi connectivity index (χ3v) is 2.54. The molecule has 0 aromatic heterocycles. The first-order valence-electron chi connectivity index (χ1n) is 6.44. The van der Waals surface area contributed by atoms with E-state index in [9.17, 15) is 9.59 Å². The van der Waals surface area contributed by atoms with Crippen molar-refractivity contribution >= 4 is 17.6 Å². The standard InChI is InChI=1S/C14H20N2O3/c1-2-19-14(18)11-6-8-12(9-7-11)16-13(17)5-3-4-10-15/h6-9H,2-5,10,15H2,1H3,(H,16,17). The number of unbranched alkanes of at least 4 members (excludes halogenated alkanes) is 1. The van der Waals surface area contributed by atoms with Crippen LogP contribution in [0, 0.1) is 0 Å². The van der Waals surface area contributed by atoms with Crippen molar-refractivity contribution in [3.63, 3.8) is 0 Å². The summed E-state index contributed by atoms with van der Waals surface area (Å²) < 4.78 is 4.88. The van der Waals surface area contributed by atoms with Gasteiger partial charge in [-0.3, -0.25) is 4.79 Å². The molecule has 1 rings (SSSR count). The molecular weight excluding hydrogens is 244 g/mol. The number of amides is 1. The maximum atomic E-state index is 11.6. The first-order chi connectivity index (χ1) is 9.17. The number of anilines is 1. The van der Waals surface area contributed by atoms with Gasteiger partial charge in [-0.15, -0.1) is 0 Å². The van der Waals surface area contributed by atoms with Crippen LogP contribution in [0.1, 0.15) is 36.5 Å². The molecule has 0 heterocycles. The lowest BCUT2D eigenvalue weighted by atomic mass is 10.2. The topological polar surface area (TPSA) is 81.4 Å². The molecular formula is C14H20N2O3. The Balaban J connectivity index is 2.47. The van der Waals surface area contributed by atoms with Crippen LogP contribution in [-0.4, -0.2) is 25.0 Å². The summed E-state index contributed by atoms with van der Waals surface area (Å²) in [5, 5.41) is 2.77. The number of nitrogens with one attached hydrogen (secondary N) is 1. The minimum Gasteiger partial charge on any atom is -0.462 e. The number of nitrogens with two attached hydrogens (primary N) is 1. The molecule has 1 aromatic rings. The summed E-state index contributed by atoms with van der Waals surface area (Å²) in [6, 6.07) is 6.64. The number of hydrogen-bond acceptors (Lipinski definition) is 4.